The van der Waals surface area contributed by atoms with E-state index in [1.165, 1.54) is 24.8 Å². The highest BCUT2D eigenvalue weighted by Gasteiger charge is 2.35. The molecule has 2 aromatic rings. The number of amides is 4. The Hall–Kier alpha value is -2.85. The molecule has 3 aliphatic heterocycles. The van der Waals surface area contributed by atoms with E-state index in [4.69, 9.17) is 5.11 Å². The van der Waals surface area contributed by atoms with E-state index in [1.54, 1.807) is 12.1 Å². The van der Waals surface area contributed by atoms with Gasteiger partial charge in [0.05, 0.1) is 11.5 Å². The highest BCUT2D eigenvalue weighted by Crippen LogP contribution is 2.41. The van der Waals surface area contributed by atoms with Crippen LogP contribution in [0.15, 0.2) is 18.2 Å². The summed E-state index contributed by atoms with van der Waals surface area (Å²) in [5, 5.41) is 14.8. The Morgan fingerprint density at radius 3 is 2.43 bits per heavy atom. The van der Waals surface area contributed by atoms with Crippen molar-refractivity contribution in [2.24, 2.45) is 5.92 Å². The lowest BCUT2D eigenvalue weighted by Gasteiger charge is -2.43. The number of carbonyl (C=O) groups is 3. The number of piperidine rings is 3. The Morgan fingerprint density at radius 2 is 1.70 bits per heavy atom. The number of thiophene rings is 1. The summed E-state index contributed by atoms with van der Waals surface area (Å²) in [6.07, 6.45) is 7.25. The second kappa shape index (κ2) is 11.3. The van der Waals surface area contributed by atoms with Crippen molar-refractivity contribution in [2.45, 2.75) is 51.0 Å². The Morgan fingerprint density at radius 1 is 0.946 bits per heavy atom. The average molecular weight is 529 g/mol. The zero-order chi connectivity index (χ0) is 25.9. The maximum Gasteiger partial charge on any atom is 0.319 e. The van der Waals surface area contributed by atoms with Gasteiger partial charge in [-0.25, -0.2) is 4.79 Å². The van der Waals surface area contributed by atoms with Crippen LogP contribution in [0.4, 0.5) is 9.80 Å². The number of rotatable bonds is 4. The van der Waals surface area contributed by atoms with Gasteiger partial charge in [0.15, 0.2) is 0 Å². The number of likely N-dealkylation sites (tertiary alicyclic amines) is 3. The number of carbonyl (C=O) groups excluding carboxylic acids is 3. The van der Waals surface area contributed by atoms with Gasteiger partial charge in [-0.3, -0.25) is 19.8 Å². The van der Waals surface area contributed by atoms with E-state index in [1.807, 2.05) is 11.0 Å². The number of hydrogen-bond donors (Lipinski definition) is 2. The fourth-order valence-corrected chi connectivity index (χ4v) is 7.19. The lowest BCUT2D eigenvalue weighted by Crippen LogP contribution is -2.52. The van der Waals surface area contributed by atoms with E-state index in [-0.39, 0.29) is 17.9 Å². The van der Waals surface area contributed by atoms with Gasteiger partial charge in [-0.2, -0.15) is 0 Å². The van der Waals surface area contributed by atoms with Gasteiger partial charge in [-0.1, -0.05) is 12.1 Å². The number of hydrogen-bond acceptors (Lipinski definition) is 5. The molecule has 0 saturated carbocycles. The molecule has 0 spiro atoms. The summed E-state index contributed by atoms with van der Waals surface area (Å²) in [5.41, 5.74) is 0.473. The normalized spacial score (nSPS) is 21.7. The molecule has 3 saturated heterocycles. The van der Waals surface area contributed by atoms with Crippen molar-refractivity contribution in [1.82, 2.24) is 20.0 Å². The van der Waals surface area contributed by atoms with Gasteiger partial charge >= 0.3 is 6.03 Å². The van der Waals surface area contributed by atoms with Gasteiger partial charge in [0.1, 0.15) is 9.70 Å². The molecular weight excluding hydrogens is 490 g/mol. The van der Waals surface area contributed by atoms with Crippen molar-refractivity contribution in [3.63, 3.8) is 0 Å². The number of anilines is 1. The molecule has 10 heteroatoms. The highest BCUT2D eigenvalue weighted by molar-refractivity contribution is 7.23. The van der Waals surface area contributed by atoms with Crippen molar-refractivity contribution >= 4 is 44.3 Å². The van der Waals surface area contributed by atoms with Gasteiger partial charge in [-0.15, -0.1) is 11.3 Å². The lowest BCUT2D eigenvalue weighted by molar-refractivity contribution is -0.138. The average Bonchev–Trinajstić information content (AvgIpc) is 3.31. The lowest BCUT2D eigenvalue weighted by atomic mass is 9.92. The molecule has 4 amide bonds. The molecule has 1 aromatic heterocycles. The van der Waals surface area contributed by atoms with Crippen LogP contribution < -0.4 is 10.6 Å². The molecule has 4 N–H and O–H groups in total. The summed E-state index contributed by atoms with van der Waals surface area (Å²) in [6, 6.07) is 5.33. The molecule has 4 heterocycles. The van der Waals surface area contributed by atoms with Crippen molar-refractivity contribution < 1.29 is 19.5 Å². The van der Waals surface area contributed by atoms with Crippen molar-refractivity contribution in [1.29, 1.82) is 0 Å². The SMILES string of the molecule is CNC(=O)Nc1sc2c([OH2+])cccc2c1C(=O)N1CCC(N2CCCC(C(=O)N3CCCCC3)C2)CC1. The standard InChI is InChI=1S/C27H37N5O4S/c1-28-27(36)29-24-22(20-8-5-9-21(33)23(20)37-24)26(35)31-15-10-19(11-16-31)32-14-6-7-18(17-32)25(34)30-12-3-2-4-13-30/h5,8-9,18-19,33H,2-4,6-7,10-17H2,1H3,(H2,28,29,36)/p+1. The highest BCUT2D eigenvalue weighted by atomic mass is 32.1. The number of fused-ring (bicyclic) bond motifs is 1. The first kappa shape index (κ1) is 25.8. The van der Waals surface area contributed by atoms with Gasteiger partial charge < -0.3 is 20.2 Å². The second-order valence-corrected chi connectivity index (χ2v) is 11.5. The molecule has 37 heavy (non-hydrogen) atoms. The molecule has 1 unspecified atom stereocenters. The van der Waals surface area contributed by atoms with Gasteiger partial charge in [0.2, 0.25) is 5.91 Å². The smallest absolute Gasteiger partial charge is 0.319 e. The summed E-state index contributed by atoms with van der Waals surface area (Å²) in [4.78, 5) is 45.3. The van der Waals surface area contributed by atoms with Crippen LogP contribution in [0.1, 0.15) is 55.3 Å². The van der Waals surface area contributed by atoms with Crippen LogP contribution in [0.25, 0.3) is 10.1 Å². The molecule has 3 aliphatic rings. The molecule has 1 aromatic carbocycles. The summed E-state index contributed by atoms with van der Waals surface area (Å²) < 4.78 is 0.699. The molecule has 5 rings (SSSR count). The van der Waals surface area contributed by atoms with E-state index in [9.17, 15) is 14.4 Å². The Bertz CT molecular complexity index is 1150. The Balaban J connectivity index is 1.25. The van der Waals surface area contributed by atoms with Crippen LogP contribution in [0.2, 0.25) is 0 Å². The molecule has 1 atom stereocenters. The molecule has 200 valence electrons. The number of nitrogens with zero attached hydrogens (tertiary/aromatic N) is 3. The molecule has 0 aliphatic carbocycles. The minimum atomic E-state index is -0.385. The van der Waals surface area contributed by atoms with E-state index in [2.05, 4.69) is 20.4 Å². The molecule has 0 radical (unpaired) electrons. The first-order valence-electron chi connectivity index (χ1n) is 13.5. The van der Waals surface area contributed by atoms with Crippen LogP contribution in [0, 0.1) is 5.92 Å². The molecule has 0 bridgehead atoms. The van der Waals surface area contributed by atoms with E-state index in [0.717, 1.165) is 64.7 Å². The minimum Gasteiger partial charge on any atom is -0.592 e. The van der Waals surface area contributed by atoms with Crippen LogP contribution in [-0.2, 0) is 4.79 Å². The third kappa shape index (κ3) is 5.40. The topological polar surface area (TPSA) is 108 Å². The first-order valence-corrected chi connectivity index (χ1v) is 14.4. The predicted molar refractivity (Wildman–Crippen MR) is 147 cm³/mol. The van der Waals surface area contributed by atoms with E-state index < -0.39 is 0 Å². The second-order valence-electron chi connectivity index (χ2n) is 10.4. The summed E-state index contributed by atoms with van der Waals surface area (Å²) in [5.74, 6) is 0.685. The number of nitrogens with one attached hydrogen (secondary N) is 2. The maximum atomic E-state index is 13.7. The van der Waals surface area contributed by atoms with Gasteiger partial charge in [-0.05, 0) is 51.5 Å². The monoisotopic (exact) mass is 528 g/mol. The summed E-state index contributed by atoms with van der Waals surface area (Å²) in [6.45, 7) is 4.95. The Labute approximate surface area is 221 Å². The summed E-state index contributed by atoms with van der Waals surface area (Å²) in [7, 11) is 1.54. The van der Waals surface area contributed by atoms with Crippen LogP contribution in [0.3, 0.4) is 0 Å². The minimum absolute atomic E-state index is 0.0982. The molecule has 3 fully saturated rings. The van der Waals surface area contributed by atoms with Crippen LogP contribution in [0.5, 0.6) is 5.75 Å². The van der Waals surface area contributed by atoms with Crippen molar-refractivity contribution in [3.8, 4) is 5.75 Å². The van der Waals surface area contributed by atoms with E-state index in [0.29, 0.717) is 51.4 Å². The first-order chi connectivity index (χ1) is 18.0. The van der Waals surface area contributed by atoms with Crippen LogP contribution in [-0.4, -0.2) is 90.0 Å². The van der Waals surface area contributed by atoms with Gasteiger partial charge in [0, 0.05) is 57.3 Å². The van der Waals surface area contributed by atoms with Crippen LogP contribution >= 0.6 is 11.3 Å². The quantitative estimate of drug-likeness (QED) is 0.593. The fraction of sp³-hybridized carbons (Fsp3) is 0.593. The van der Waals surface area contributed by atoms with Gasteiger partial charge in [0.25, 0.3) is 11.7 Å². The Kier molecular flexibility index (Phi) is 7.85. The zero-order valence-corrected chi connectivity index (χ0v) is 22.4. The van der Waals surface area contributed by atoms with Crippen molar-refractivity contribution in [2.75, 3.05) is 51.6 Å². The van der Waals surface area contributed by atoms with Crippen molar-refractivity contribution in [3.05, 3.63) is 23.8 Å². The maximum absolute atomic E-state index is 13.7. The predicted octanol–water partition coefficient (Wildman–Crippen LogP) is 3.42. The molecule has 9 nitrogen and oxygen atoms in total. The zero-order valence-electron chi connectivity index (χ0n) is 21.6. The molecular formula is C27H38N5O4S+. The third-order valence-corrected chi connectivity index (χ3v) is 9.28. The summed E-state index contributed by atoms with van der Waals surface area (Å²) >= 11 is 1.27. The van der Waals surface area contributed by atoms with E-state index >= 15 is 0 Å². The fourth-order valence-electron chi connectivity index (χ4n) is 6.09. The third-order valence-electron chi connectivity index (χ3n) is 8.12. The largest absolute Gasteiger partial charge is 0.592 e. The number of benzene rings is 1. The number of urea groups is 1.